The number of para-hydroxylation sites is 1. The van der Waals surface area contributed by atoms with Gasteiger partial charge in [-0.2, -0.15) is 16.9 Å². The minimum Gasteiger partial charge on any atom is -0.446 e. The van der Waals surface area contributed by atoms with Crippen molar-refractivity contribution in [1.82, 2.24) is 62.0 Å². The van der Waals surface area contributed by atoms with Crippen LogP contribution in [0, 0.1) is 18.3 Å². The Hall–Kier alpha value is -8.52. The minimum atomic E-state index is -0.788. The van der Waals surface area contributed by atoms with Crippen molar-refractivity contribution in [2.75, 3.05) is 109 Å². The molecule has 3 unspecified atom stereocenters. The molecular formula is C82H113N13O15S2. The zero-order chi connectivity index (χ0) is 79.8. The molecule has 0 spiro atoms. The average Bonchev–Trinajstić information content (AvgIpc) is 1.43. The predicted octanol–water partition coefficient (Wildman–Crippen LogP) is 8.38. The zero-order valence-corrected chi connectivity index (χ0v) is 67.5. The van der Waals surface area contributed by atoms with Gasteiger partial charge >= 0.3 is 6.09 Å². The highest BCUT2D eigenvalue weighted by Crippen LogP contribution is 2.42. The number of nitrogens with one attached hydrogen (secondary N) is 6. The molecule has 0 bridgehead atoms. The first-order valence-corrected chi connectivity index (χ1v) is 42.1. The minimum absolute atomic E-state index is 0.000944. The number of Topliss-reactive ketones (excluding diaryl/α,β-unsaturated/α-hetero) is 2. The topological polar surface area (TPSA) is 352 Å². The Balaban J connectivity index is 0.755. The van der Waals surface area contributed by atoms with Crippen LogP contribution < -0.4 is 36.8 Å². The number of alkyl carbamates (subject to hydrolysis) is 1. The zero-order valence-electron chi connectivity index (χ0n) is 65.8. The van der Waals surface area contributed by atoms with Crippen molar-refractivity contribution in [3.05, 3.63) is 101 Å². The molecule has 8 amide bonds. The fourth-order valence-corrected chi connectivity index (χ4v) is 15.9. The van der Waals surface area contributed by atoms with Crippen LogP contribution in [0.5, 0.6) is 0 Å². The number of carbonyl (C=O) groups is 10. The SMILES string of the molecule is CCCNC(=O)CCOCCOCCOCCOCCn1nnc2c1-c1ccccc1N(C(=O)CCC(=O)NCC[C@H](CCNC(=O)CCN1C(=O)CC(SCCC(=O)NCC(C)(CC)CC)C1=O)CCNC(=O)O[C@H]1CCCc3c(-c4ccc(CNC5C(=O)CC(SC)C5=O)cc4)nnc(C)c3CC1)Cc1ccccc1-2. The molecule has 30 heteroatoms. The first kappa shape index (κ1) is 87.4. The maximum absolute atomic E-state index is 14.6. The molecular weight excluding hydrogens is 1470 g/mol. The summed E-state index contributed by atoms with van der Waals surface area (Å²) in [7, 11) is 0. The molecule has 608 valence electrons. The molecule has 28 nitrogen and oxygen atoms in total. The van der Waals surface area contributed by atoms with Crippen LogP contribution in [0.3, 0.4) is 0 Å². The number of likely N-dealkylation sites (tertiary alicyclic amines) is 1. The second-order valence-electron chi connectivity index (χ2n) is 29.2. The molecule has 5 aromatic rings. The molecule has 112 heavy (non-hydrogen) atoms. The van der Waals surface area contributed by atoms with Gasteiger partial charge in [-0.05, 0) is 123 Å². The van der Waals surface area contributed by atoms with E-state index in [4.69, 9.17) is 23.7 Å². The number of thioether (sulfide) groups is 2. The molecule has 2 fully saturated rings. The summed E-state index contributed by atoms with van der Waals surface area (Å²) in [6.07, 6.45) is 8.80. The number of amides is 8. The van der Waals surface area contributed by atoms with Gasteiger partial charge < -0.3 is 55.2 Å². The van der Waals surface area contributed by atoms with Crippen molar-refractivity contribution in [2.45, 2.75) is 192 Å². The lowest BCUT2D eigenvalue weighted by Crippen LogP contribution is -2.39. The van der Waals surface area contributed by atoms with E-state index in [1.165, 1.54) is 23.5 Å². The molecule has 9 rings (SSSR count). The highest BCUT2D eigenvalue weighted by atomic mass is 32.2. The highest BCUT2D eigenvalue weighted by molar-refractivity contribution is 8.00. The first-order chi connectivity index (χ1) is 54.3. The highest BCUT2D eigenvalue weighted by Gasteiger charge is 2.41. The number of fused-ring (bicyclic) bond motifs is 6. The predicted molar refractivity (Wildman–Crippen MR) is 429 cm³/mol. The van der Waals surface area contributed by atoms with Crippen molar-refractivity contribution < 1.29 is 71.6 Å². The third-order valence-corrected chi connectivity index (χ3v) is 23.5. The molecule has 6 N–H and O–H groups in total. The maximum Gasteiger partial charge on any atom is 0.407 e. The lowest BCUT2D eigenvalue weighted by molar-refractivity contribution is -0.139. The van der Waals surface area contributed by atoms with Gasteiger partial charge in [-0.3, -0.25) is 53.4 Å². The molecule has 2 aromatic heterocycles. The Morgan fingerprint density at radius 1 is 0.625 bits per heavy atom. The van der Waals surface area contributed by atoms with Crippen LogP contribution in [-0.4, -0.2) is 216 Å². The quantitative estimate of drug-likeness (QED) is 0.0121. The lowest BCUT2D eigenvalue weighted by atomic mass is 9.85. The largest absolute Gasteiger partial charge is 0.446 e. The molecule has 3 aromatic carbocycles. The van der Waals surface area contributed by atoms with E-state index in [0.29, 0.717) is 148 Å². The molecule has 1 saturated heterocycles. The van der Waals surface area contributed by atoms with Gasteiger partial charge in [0.05, 0.1) is 99.2 Å². The number of imide groups is 1. The normalized spacial score (nSPS) is 17.1. The number of ether oxygens (including phenoxy) is 5. The van der Waals surface area contributed by atoms with E-state index in [0.717, 1.165) is 86.6 Å². The number of carbonyl (C=O) groups excluding carboxylic acids is 10. The Morgan fingerprint density at radius 3 is 1.96 bits per heavy atom. The third kappa shape index (κ3) is 26.0. The summed E-state index contributed by atoms with van der Waals surface area (Å²) in [5, 5.41) is 35.4. The summed E-state index contributed by atoms with van der Waals surface area (Å²) < 4.78 is 30.6. The fraction of sp³-hybridized carbons (Fsp3) is 0.585. The monoisotopic (exact) mass is 1580 g/mol. The number of nitrogens with zero attached hydrogens (tertiary/aromatic N) is 7. The lowest BCUT2D eigenvalue weighted by Gasteiger charge is -2.28. The van der Waals surface area contributed by atoms with Crippen LogP contribution in [-0.2, 0) is 99.3 Å². The molecule has 4 aliphatic rings. The number of hydrogen-bond donors (Lipinski definition) is 6. The van der Waals surface area contributed by atoms with Crippen molar-refractivity contribution in [3.8, 4) is 33.8 Å². The van der Waals surface area contributed by atoms with Crippen LogP contribution >= 0.6 is 23.5 Å². The number of aryl methyl sites for hydroxylation is 1. The van der Waals surface area contributed by atoms with Crippen molar-refractivity contribution >= 4 is 88.2 Å². The van der Waals surface area contributed by atoms with Gasteiger partial charge in [0, 0.05) is 113 Å². The second-order valence-corrected chi connectivity index (χ2v) is 31.5. The first-order valence-electron chi connectivity index (χ1n) is 39.8. The van der Waals surface area contributed by atoms with E-state index in [-0.39, 0.29) is 147 Å². The molecule has 2 aliphatic heterocycles. The van der Waals surface area contributed by atoms with Crippen molar-refractivity contribution in [3.63, 3.8) is 0 Å². The summed E-state index contributed by atoms with van der Waals surface area (Å²) in [5.41, 5.74) is 10.1. The molecule has 5 atom stereocenters. The van der Waals surface area contributed by atoms with E-state index in [9.17, 15) is 47.9 Å². The summed E-state index contributed by atoms with van der Waals surface area (Å²) >= 11 is 2.69. The maximum atomic E-state index is 14.6. The van der Waals surface area contributed by atoms with E-state index < -0.39 is 17.4 Å². The van der Waals surface area contributed by atoms with Gasteiger partial charge in [-0.25, -0.2) is 9.48 Å². The van der Waals surface area contributed by atoms with Crippen LogP contribution in [0.1, 0.15) is 158 Å². The van der Waals surface area contributed by atoms with E-state index >= 15 is 0 Å². The van der Waals surface area contributed by atoms with E-state index in [2.05, 4.69) is 73.2 Å². The molecule has 2 aliphatic carbocycles. The van der Waals surface area contributed by atoms with Gasteiger partial charge in [-0.15, -0.1) is 22.0 Å². The fourth-order valence-electron chi connectivity index (χ4n) is 14.1. The van der Waals surface area contributed by atoms with E-state index in [1.54, 1.807) is 9.58 Å². The van der Waals surface area contributed by atoms with Crippen LogP contribution in [0.15, 0.2) is 72.8 Å². The Morgan fingerprint density at radius 2 is 1.27 bits per heavy atom. The number of aromatic nitrogens is 5. The van der Waals surface area contributed by atoms with Gasteiger partial charge in [0.1, 0.15) is 17.8 Å². The van der Waals surface area contributed by atoms with Crippen molar-refractivity contribution in [1.29, 1.82) is 0 Å². The number of benzene rings is 3. The smallest absolute Gasteiger partial charge is 0.407 e. The summed E-state index contributed by atoms with van der Waals surface area (Å²) in [6, 6.07) is 22.5. The number of hydrogen-bond acceptors (Lipinski definition) is 22. The summed E-state index contributed by atoms with van der Waals surface area (Å²) in [6.45, 7) is 16.0. The van der Waals surface area contributed by atoms with Crippen LogP contribution in [0.2, 0.25) is 0 Å². The van der Waals surface area contributed by atoms with Crippen LogP contribution in [0.4, 0.5) is 10.5 Å². The molecule has 4 heterocycles. The summed E-state index contributed by atoms with van der Waals surface area (Å²) in [5.74, 6) is -1.68. The standard InChI is InChI=1S/C82H113N13O15S2/c1-7-35-83-71(99)33-41-106-43-45-108-47-48-109-46-44-107-42-40-95-78-64-18-12-13-20-65(64)94(53-59-15-10-11-17-62(59)76(78)91-92-95)73(101)28-27-69(97)84-36-29-56(30-37-85-70(98)32-39-93-74(102)51-68(80(93)104)112-49-34-72(100)88-54-82(5,8-2)9-3)31-38-86-81(105)110-60-16-14-19-63-61(26-25-60)55(4)89-90-75(63)58-23-21-57(22-24-58)52-87-77-66(96)50-67(111-6)79(77)103/h10-13,15,17-18,20-24,56,60,67-68,77,87H,7-9,14,16,19,25-54H2,1-6H3,(H,83,99)(H,84,97)(H,85,98)(H,86,105)(H,88,100)/t56-,60+,67?,68?,77?/m1/s1. The number of ketones is 2. The van der Waals surface area contributed by atoms with Gasteiger partial charge in [0.25, 0.3) is 0 Å². The third-order valence-electron chi connectivity index (χ3n) is 21.3. The second kappa shape index (κ2) is 45.4. The Labute approximate surface area is 665 Å². The van der Waals surface area contributed by atoms with Gasteiger partial charge in [0.2, 0.25) is 41.4 Å². The molecule has 1 saturated carbocycles. The van der Waals surface area contributed by atoms with Gasteiger partial charge in [-0.1, -0.05) is 99.6 Å². The van der Waals surface area contributed by atoms with Crippen LogP contribution in [0.25, 0.3) is 33.8 Å². The number of anilines is 1. The van der Waals surface area contributed by atoms with E-state index in [1.807, 2.05) is 92.9 Å². The average molecular weight is 1590 g/mol. The Kier molecular flexibility index (Phi) is 35.4. The summed E-state index contributed by atoms with van der Waals surface area (Å²) in [4.78, 5) is 134. The Bertz CT molecular complexity index is 3990. The number of rotatable bonds is 46. The van der Waals surface area contributed by atoms with Crippen molar-refractivity contribution in [2.24, 2.45) is 11.3 Å². The molecule has 0 radical (unpaired) electrons. The van der Waals surface area contributed by atoms with Gasteiger partial charge in [0.15, 0.2) is 11.6 Å².